The summed E-state index contributed by atoms with van der Waals surface area (Å²) in [6.07, 6.45) is 2.02. The van der Waals surface area contributed by atoms with Crippen LogP contribution in [-0.4, -0.2) is 9.38 Å². The molecule has 0 aliphatic carbocycles. The van der Waals surface area contributed by atoms with Gasteiger partial charge in [0.1, 0.15) is 11.5 Å². The van der Waals surface area contributed by atoms with Crippen LogP contribution in [0.15, 0.2) is 48.7 Å². The van der Waals surface area contributed by atoms with Gasteiger partial charge in [0.15, 0.2) is 0 Å². The van der Waals surface area contributed by atoms with Crippen molar-refractivity contribution < 1.29 is 4.39 Å². The third kappa shape index (κ3) is 2.81. The Bertz CT molecular complexity index is 746. The number of aromatic nitrogens is 2. The average molecular weight is 283 g/mol. The number of rotatable bonds is 4. The molecule has 1 aromatic carbocycles. The molecule has 0 unspecified atom stereocenters. The molecule has 1 N–H and O–H groups in total. The molecule has 3 aromatic rings. The van der Waals surface area contributed by atoms with Crippen molar-refractivity contribution in [3.05, 3.63) is 71.4 Å². The third-order valence-corrected chi connectivity index (χ3v) is 3.77. The number of pyridine rings is 1. The molecule has 0 spiro atoms. The molecule has 3 nitrogen and oxygen atoms in total. The van der Waals surface area contributed by atoms with Gasteiger partial charge in [0.05, 0.1) is 11.4 Å². The quantitative estimate of drug-likeness (QED) is 0.792. The number of aryl methyl sites for hydroxylation is 1. The zero-order valence-corrected chi connectivity index (χ0v) is 12.2. The molecule has 0 aliphatic rings. The predicted molar refractivity (Wildman–Crippen MR) is 81.6 cm³/mol. The minimum absolute atomic E-state index is 0.152. The summed E-state index contributed by atoms with van der Waals surface area (Å²) in [5.41, 5.74) is 4.21. The van der Waals surface area contributed by atoms with Gasteiger partial charge in [0, 0.05) is 18.8 Å². The van der Waals surface area contributed by atoms with Crippen LogP contribution in [0.1, 0.15) is 29.9 Å². The summed E-state index contributed by atoms with van der Waals surface area (Å²) in [6, 6.07) is 12.8. The van der Waals surface area contributed by atoms with E-state index in [-0.39, 0.29) is 11.9 Å². The lowest BCUT2D eigenvalue weighted by Gasteiger charge is -2.14. The normalized spacial score (nSPS) is 12.7. The summed E-state index contributed by atoms with van der Waals surface area (Å²) in [5.74, 6) is -0.205. The number of hydrogen-bond donors (Lipinski definition) is 1. The average Bonchev–Trinajstić information content (AvgIpc) is 2.81. The number of imidazole rings is 1. The summed E-state index contributed by atoms with van der Waals surface area (Å²) >= 11 is 0. The van der Waals surface area contributed by atoms with Gasteiger partial charge in [0.25, 0.3) is 0 Å². The fourth-order valence-electron chi connectivity index (χ4n) is 2.50. The van der Waals surface area contributed by atoms with Crippen LogP contribution < -0.4 is 5.32 Å². The summed E-state index contributed by atoms with van der Waals surface area (Å²) in [5, 5.41) is 3.47. The van der Waals surface area contributed by atoms with Crippen LogP contribution in [0.25, 0.3) is 5.65 Å². The van der Waals surface area contributed by atoms with Gasteiger partial charge in [-0.3, -0.25) is 0 Å². The van der Waals surface area contributed by atoms with Crippen LogP contribution in [0.5, 0.6) is 0 Å². The molecule has 0 radical (unpaired) electrons. The minimum atomic E-state index is -0.205. The lowest BCUT2D eigenvalue weighted by molar-refractivity contribution is 0.561. The highest BCUT2D eigenvalue weighted by Gasteiger charge is 2.10. The highest BCUT2D eigenvalue weighted by molar-refractivity contribution is 5.42. The van der Waals surface area contributed by atoms with E-state index in [1.54, 1.807) is 0 Å². The van der Waals surface area contributed by atoms with Crippen LogP contribution in [0.4, 0.5) is 4.39 Å². The highest BCUT2D eigenvalue weighted by Crippen LogP contribution is 2.16. The van der Waals surface area contributed by atoms with Crippen LogP contribution in [-0.2, 0) is 6.54 Å². The van der Waals surface area contributed by atoms with Gasteiger partial charge < -0.3 is 9.72 Å². The van der Waals surface area contributed by atoms with E-state index in [1.807, 2.05) is 43.5 Å². The molecule has 2 heterocycles. The molecule has 3 rings (SSSR count). The van der Waals surface area contributed by atoms with E-state index >= 15 is 0 Å². The zero-order chi connectivity index (χ0) is 14.8. The van der Waals surface area contributed by atoms with E-state index in [1.165, 1.54) is 12.1 Å². The molecule has 0 bridgehead atoms. The van der Waals surface area contributed by atoms with Gasteiger partial charge in [-0.05, 0) is 43.7 Å². The van der Waals surface area contributed by atoms with Crippen molar-refractivity contribution in [3.63, 3.8) is 0 Å². The Morgan fingerprint density at radius 3 is 2.71 bits per heavy atom. The Hall–Kier alpha value is -2.20. The van der Waals surface area contributed by atoms with Crippen molar-refractivity contribution in [1.82, 2.24) is 14.7 Å². The van der Waals surface area contributed by atoms with Crippen LogP contribution in [0.3, 0.4) is 0 Å². The first-order valence-corrected chi connectivity index (χ1v) is 7.06. The van der Waals surface area contributed by atoms with Gasteiger partial charge in [-0.25, -0.2) is 9.37 Å². The molecule has 4 heteroatoms. The Kier molecular flexibility index (Phi) is 3.71. The molecular weight excluding hydrogens is 265 g/mol. The van der Waals surface area contributed by atoms with Gasteiger partial charge in [-0.2, -0.15) is 0 Å². The number of halogens is 1. The number of nitrogens with zero attached hydrogens (tertiary/aromatic N) is 2. The lowest BCUT2D eigenvalue weighted by atomic mass is 10.1. The Morgan fingerprint density at radius 2 is 1.95 bits per heavy atom. The lowest BCUT2D eigenvalue weighted by Crippen LogP contribution is -2.19. The molecule has 0 aliphatic heterocycles. The van der Waals surface area contributed by atoms with Gasteiger partial charge in [-0.15, -0.1) is 0 Å². The second-order valence-corrected chi connectivity index (χ2v) is 5.23. The van der Waals surface area contributed by atoms with E-state index in [2.05, 4.69) is 21.6 Å². The molecule has 108 valence electrons. The summed E-state index contributed by atoms with van der Waals surface area (Å²) in [4.78, 5) is 4.55. The Labute approximate surface area is 123 Å². The second-order valence-electron chi connectivity index (χ2n) is 5.23. The maximum absolute atomic E-state index is 13.0. The standard InChI is InChI=1S/C17H18FN3/c1-12(14-6-8-15(18)9-7-14)19-11-16-13(2)20-17-5-3-4-10-21(16)17/h3-10,12,19H,11H2,1-2H3/t12-/m1/s1. The number of hydrogen-bond acceptors (Lipinski definition) is 2. The van der Waals surface area contributed by atoms with Gasteiger partial charge >= 0.3 is 0 Å². The van der Waals surface area contributed by atoms with Crippen molar-refractivity contribution in [3.8, 4) is 0 Å². The summed E-state index contributed by atoms with van der Waals surface area (Å²) < 4.78 is 15.1. The third-order valence-electron chi connectivity index (χ3n) is 3.77. The topological polar surface area (TPSA) is 29.3 Å². The van der Waals surface area contributed by atoms with E-state index < -0.39 is 0 Å². The van der Waals surface area contributed by atoms with Gasteiger partial charge in [0.2, 0.25) is 0 Å². The Morgan fingerprint density at radius 1 is 1.19 bits per heavy atom. The van der Waals surface area contributed by atoms with E-state index in [4.69, 9.17) is 0 Å². The van der Waals surface area contributed by atoms with Gasteiger partial charge in [-0.1, -0.05) is 18.2 Å². The van der Waals surface area contributed by atoms with Crippen LogP contribution >= 0.6 is 0 Å². The molecule has 0 saturated heterocycles. The van der Waals surface area contributed by atoms with Crippen LogP contribution in [0.2, 0.25) is 0 Å². The van der Waals surface area contributed by atoms with E-state index in [0.29, 0.717) is 0 Å². The number of fused-ring (bicyclic) bond motifs is 1. The van der Waals surface area contributed by atoms with Crippen molar-refractivity contribution >= 4 is 5.65 Å². The van der Waals surface area contributed by atoms with E-state index in [9.17, 15) is 4.39 Å². The molecule has 21 heavy (non-hydrogen) atoms. The monoisotopic (exact) mass is 283 g/mol. The predicted octanol–water partition coefficient (Wildman–Crippen LogP) is 3.63. The van der Waals surface area contributed by atoms with Crippen molar-refractivity contribution in [2.45, 2.75) is 26.4 Å². The molecule has 0 fully saturated rings. The summed E-state index contributed by atoms with van der Waals surface area (Å²) in [6.45, 7) is 4.81. The number of nitrogens with one attached hydrogen (secondary N) is 1. The first-order chi connectivity index (χ1) is 10.1. The molecule has 0 amide bonds. The SMILES string of the molecule is Cc1nc2ccccn2c1CN[C@H](C)c1ccc(F)cc1. The van der Waals surface area contributed by atoms with E-state index in [0.717, 1.165) is 29.1 Å². The molecule has 1 atom stereocenters. The van der Waals surface area contributed by atoms with Crippen LogP contribution in [0, 0.1) is 12.7 Å². The number of benzene rings is 1. The first-order valence-electron chi connectivity index (χ1n) is 7.06. The maximum atomic E-state index is 13.0. The summed E-state index contributed by atoms with van der Waals surface area (Å²) in [7, 11) is 0. The van der Waals surface area contributed by atoms with Crippen molar-refractivity contribution in [2.24, 2.45) is 0 Å². The van der Waals surface area contributed by atoms with Crippen molar-refractivity contribution in [2.75, 3.05) is 0 Å². The molecular formula is C17H18FN3. The fourth-order valence-corrected chi connectivity index (χ4v) is 2.50. The van der Waals surface area contributed by atoms with Crippen molar-refractivity contribution in [1.29, 1.82) is 0 Å². The molecule has 2 aromatic heterocycles. The maximum Gasteiger partial charge on any atom is 0.137 e. The smallest absolute Gasteiger partial charge is 0.137 e. The molecule has 0 saturated carbocycles. The first kappa shape index (κ1) is 13.8. The fraction of sp³-hybridized carbons (Fsp3) is 0.235. The largest absolute Gasteiger partial charge is 0.305 e. The zero-order valence-electron chi connectivity index (χ0n) is 12.2. The Balaban J connectivity index is 1.77. The minimum Gasteiger partial charge on any atom is -0.305 e. The second kappa shape index (κ2) is 5.66. The highest BCUT2D eigenvalue weighted by atomic mass is 19.1.